The van der Waals surface area contributed by atoms with Gasteiger partial charge in [0.05, 0.1) is 17.6 Å². The SMILES string of the molecule is COc1cc2c(c(C(C)=O)c1CC(=O)c1sccc1S(=O)(=O)Nc1onc(C)c1Cl)OCO2. The largest absolute Gasteiger partial charge is 0.496 e. The Balaban J connectivity index is 1.70. The van der Waals surface area contributed by atoms with Crippen molar-refractivity contribution in [2.24, 2.45) is 0 Å². The Labute approximate surface area is 197 Å². The quantitative estimate of drug-likeness (QED) is 0.446. The van der Waals surface area contributed by atoms with E-state index in [0.717, 1.165) is 11.3 Å². The number of ether oxygens (including phenoxy) is 3. The summed E-state index contributed by atoms with van der Waals surface area (Å²) < 4.78 is 49.1. The number of aromatic nitrogens is 1. The molecular weight excluding hydrogens is 496 g/mol. The van der Waals surface area contributed by atoms with E-state index in [9.17, 15) is 18.0 Å². The lowest BCUT2D eigenvalue weighted by Crippen LogP contribution is -2.16. The fourth-order valence-corrected chi connectivity index (χ4v) is 5.90. The molecule has 0 aliphatic carbocycles. The molecule has 0 unspecified atom stereocenters. The van der Waals surface area contributed by atoms with Crippen LogP contribution in [0, 0.1) is 6.92 Å². The number of rotatable bonds is 8. The number of methoxy groups -OCH3 is 1. The van der Waals surface area contributed by atoms with Crippen molar-refractivity contribution in [1.82, 2.24) is 5.16 Å². The van der Waals surface area contributed by atoms with E-state index >= 15 is 0 Å². The highest BCUT2D eigenvalue weighted by Crippen LogP contribution is 2.43. The van der Waals surface area contributed by atoms with Gasteiger partial charge in [-0.2, -0.15) is 0 Å². The third kappa shape index (κ3) is 4.16. The number of nitrogens with zero attached hydrogens (tertiary/aromatic N) is 1. The predicted molar refractivity (Wildman–Crippen MR) is 119 cm³/mol. The monoisotopic (exact) mass is 512 g/mol. The Morgan fingerprint density at radius 2 is 2.09 bits per heavy atom. The molecule has 10 nitrogen and oxygen atoms in total. The fourth-order valence-electron chi connectivity index (χ4n) is 3.34. The lowest BCUT2D eigenvalue weighted by atomic mass is 9.96. The van der Waals surface area contributed by atoms with Crippen LogP contribution in [-0.4, -0.2) is 39.0 Å². The number of thiophene rings is 1. The van der Waals surface area contributed by atoms with Crippen LogP contribution in [-0.2, 0) is 16.4 Å². The number of aryl methyl sites for hydroxylation is 1. The molecule has 174 valence electrons. The van der Waals surface area contributed by atoms with Crippen LogP contribution in [0.15, 0.2) is 26.9 Å². The standard InChI is InChI=1S/C20H17ClN2O8S2/c1-9-17(21)20(31-22-9)23-33(26,27)15-4-5-32-19(15)12(25)6-11-13(28-3)7-14-18(30-8-29-14)16(11)10(2)24/h4-5,7,23H,6,8H2,1-3H3. The predicted octanol–water partition coefficient (Wildman–Crippen LogP) is 3.86. The molecule has 0 radical (unpaired) electrons. The van der Waals surface area contributed by atoms with Gasteiger partial charge in [-0.15, -0.1) is 11.3 Å². The van der Waals surface area contributed by atoms with Crippen LogP contribution in [0.1, 0.15) is 38.2 Å². The summed E-state index contributed by atoms with van der Waals surface area (Å²) in [6.07, 6.45) is -0.306. The van der Waals surface area contributed by atoms with Crippen LogP contribution in [0.4, 0.5) is 5.88 Å². The van der Waals surface area contributed by atoms with Gasteiger partial charge in [-0.3, -0.25) is 9.59 Å². The molecule has 13 heteroatoms. The molecule has 1 aromatic carbocycles. The topological polar surface area (TPSA) is 134 Å². The highest BCUT2D eigenvalue weighted by atomic mass is 35.5. The van der Waals surface area contributed by atoms with Crippen LogP contribution in [0.5, 0.6) is 17.2 Å². The maximum atomic E-state index is 13.2. The Hall–Kier alpha value is -3.09. The molecule has 1 aliphatic rings. The van der Waals surface area contributed by atoms with Crippen molar-refractivity contribution in [3.05, 3.63) is 44.2 Å². The average molecular weight is 513 g/mol. The van der Waals surface area contributed by atoms with Crippen molar-refractivity contribution in [1.29, 1.82) is 0 Å². The second kappa shape index (κ2) is 8.69. The molecule has 3 aromatic rings. The van der Waals surface area contributed by atoms with Gasteiger partial charge in [0, 0.05) is 18.1 Å². The third-order valence-corrected chi connectivity index (χ3v) is 7.73. The Kier molecular flexibility index (Phi) is 6.08. The maximum Gasteiger partial charge on any atom is 0.265 e. The summed E-state index contributed by atoms with van der Waals surface area (Å²) >= 11 is 6.94. The number of nitrogens with one attached hydrogen (secondary N) is 1. The lowest BCUT2D eigenvalue weighted by molar-refractivity contribution is 0.0992. The van der Waals surface area contributed by atoms with E-state index in [4.69, 9.17) is 30.3 Å². The molecule has 0 fully saturated rings. The molecule has 0 atom stereocenters. The van der Waals surface area contributed by atoms with Crippen LogP contribution >= 0.6 is 22.9 Å². The maximum absolute atomic E-state index is 13.2. The molecule has 0 bridgehead atoms. The first kappa shape index (κ1) is 23.1. The molecule has 3 heterocycles. The van der Waals surface area contributed by atoms with Crippen molar-refractivity contribution >= 4 is 50.4 Å². The molecule has 2 aromatic heterocycles. The normalized spacial score (nSPS) is 12.6. The lowest BCUT2D eigenvalue weighted by Gasteiger charge is -2.14. The summed E-state index contributed by atoms with van der Waals surface area (Å²) in [6.45, 7) is 2.81. The highest BCUT2D eigenvalue weighted by molar-refractivity contribution is 7.93. The van der Waals surface area contributed by atoms with E-state index in [1.165, 1.54) is 31.5 Å². The summed E-state index contributed by atoms with van der Waals surface area (Å²) in [6, 6.07) is 2.82. The number of carbonyl (C=O) groups is 2. The van der Waals surface area contributed by atoms with Crippen molar-refractivity contribution in [3.8, 4) is 17.2 Å². The average Bonchev–Trinajstić information content (AvgIpc) is 3.50. The van der Waals surface area contributed by atoms with E-state index in [1.807, 2.05) is 0 Å². The van der Waals surface area contributed by atoms with Gasteiger partial charge in [-0.05, 0) is 25.3 Å². The van der Waals surface area contributed by atoms with Crippen LogP contribution in [0.25, 0.3) is 0 Å². The number of Topliss-reactive ketones (excluding diaryl/α,β-unsaturated/α-hetero) is 2. The molecule has 0 spiro atoms. The number of anilines is 1. The first-order chi connectivity index (χ1) is 15.6. The zero-order valence-corrected chi connectivity index (χ0v) is 19.9. The third-order valence-electron chi connectivity index (χ3n) is 4.83. The van der Waals surface area contributed by atoms with E-state index in [0.29, 0.717) is 11.4 Å². The second-order valence-corrected chi connectivity index (χ2v) is 9.90. The number of sulfonamides is 1. The first-order valence-corrected chi connectivity index (χ1v) is 12.1. The molecular formula is C20H17ClN2O8S2. The summed E-state index contributed by atoms with van der Waals surface area (Å²) in [5.74, 6) is -0.339. The molecule has 0 saturated heterocycles. The van der Waals surface area contributed by atoms with Crippen molar-refractivity contribution in [3.63, 3.8) is 0 Å². The molecule has 1 N–H and O–H groups in total. The van der Waals surface area contributed by atoms with Gasteiger partial charge in [0.2, 0.25) is 6.79 Å². The number of halogens is 1. The smallest absolute Gasteiger partial charge is 0.265 e. The Morgan fingerprint density at radius 1 is 1.33 bits per heavy atom. The minimum absolute atomic E-state index is 0.0119. The summed E-state index contributed by atoms with van der Waals surface area (Å²) in [5, 5.41) is 5.08. The van der Waals surface area contributed by atoms with Gasteiger partial charge in [0.15, 0.2) is 23.1 Å². The number of carbonyl (C=O) groups excluding carboxylic acids is 2. The van der Waals surface area contributed by atoms with Crippen molar-refractivity contribution in [2.45, 2.75) is 25.2 Å². The number of benzene rings is 1. The second-order valence-electron chi connectivity index (χ2n) is 6.95. The highest BCUT2D eigenvalue weighted by Gasteiger charge is 2.31. The number of fused-ring (bicyclic) bond motifs is 1. The number of ketones is 2. The Morgan fingerprint density at radius 3 is 2.73 bits per heavy atom. The molecule has 4 rings (SSSR count). The number of hydrogen-bond acceptors (Lipinski definition) is 10. The molecule has 1 aliphatic heterocycles. The van der Waals surface area contributed by atoms with E-state index < -0.39 is 15.8 Å². The number of hydrogen-bond donors (Lipinski definition) is 1. The van der Waals surface area contributed by atoms with Gasteiger partial charge >= 0.3 is 0 Å². The summed E-state index contributed by atoms with van der Waals surface area (Å²) in [7, 11) is -2.83. The first-order valence-electron chi connectivity index (χ1n) is 9.39. The van der Waals surface area contributed by atoms with Gasteiger partial charge in [0.25, 0.3) is 15.9 Å². The van der Waals surface area contributed by atoms with Gasteiger partial charge in [-0.25, -0.2) is 13.1 Å². The van der Waals surface area contributed by atoms with Gasteiger partial charge < -0.3 is 18.7 Å². The molecule has 0 amide bonds. The molecule has 33 heavy (non-hydrogen) atoms. The van der Waals surface area contributed by atoms with Crippen LogP contribution in [0.2, 0.25) is 5.02 Å². The molecule has 0 saturated carbocycles. The zero-order valence-electron chi connectivity index (χ0n) is 17.6. The van der Waals surface area contributed by atoms with Crippen molar-refractivity contribution in [2.75, 3.05) is 18.6 Å². The van der Waals surface area contributed by atoms with E-state index in [1.54, 1.807) is 6.92 Å². The van der Waals surface area contributed by atoms with Crippen molar-refractivity contribution < 1.29 is 36.7 Å². The van der Waals surface area contributed by atoms with Gasteiger partial charge in [0.1, 0.15) is 21.4 Å². The van der Waals surface area contributed by atoms with Crippen LogP contribution in [0.3, 0.4) is 0 Å². The van der Waals surface area contributed by atoms with E-state index in [2.05, 4.69) is 9.88 Å². The fraction of sp³-hybridized carbons (Fsp3) is 0.250. The van der Waals surface area contributed by atoms with E-state index in [-0.39, 0.29) is 62.3 Å². The summed E-state index contributed by atoms with van der Waals surface area (Å²) in [4.78, 5) is 25.3. The summed E-state index contributed by atoms with van der Waals surface area (Å²) in [5.41, 5.74) is 0.735. The minimum atomic E-state index is -4.22. The van der Waals surface area contributed by atoms with Crippen LogP contribution < -0.4 is 18.9 Å². The minimum Gasteiger partial charge on any atom is -0.496 e. The Bertz CT molecular complexity index is 1380. The zero-order chi connectivity index (χ0) is 23.9. The van der Waals surface area contributed by atoms with Gasteiger partial charge in [-0.1, -0.05) is 16.8 Å².